The Bertz CT molecular complexity index is 1110. The summed E-state index contributed by atoms with van der Waals surface area (Å²) in [5.41, 5.74) is 2.75. The van der Waals surface area contributed by atoms with E-state index in [9.17, 15) is 14.0 Å². The number of H-pyrrole nitrogens is 1. The fourth-order valence-electron chi connectivity index (χ4n) is 5.21. The van der Waals surface area contributed by atoms with Crippen LogP contribution < -0.4 is 0 Å². The van der Waals surface area contributed by atoms with Gasteiger partial charge in [-0.25, -0.2) is 9.37 Å². The van der Waals surface area contributed by atoms with Gasteiger partial charge in [-0.05, 0) is 49.1 Å². The Morgan fingerprint density at radius 2 is 1.91 bits per heavy atom. The van der Waals surface area contributed by atoms with E-state index in [1.165, 1.54) is 12.1 Å². The summed E-state index contributed by atoms with van der Waals surface area (Å²) in [7, 11) is 1.74. The molecule has 7 heteroatoms. The molecule has 166 valence electrons. The normalized spacial score (nSPS) is 24.2. The van der Waals surface area contributed by atoms with Crippen LogP contribution in [0, 0.1) is 11.7 Å². The van der Waals surface area contributed by atoms with Crippen molar-refractivity contribution in [3.63, 3.8) is 0 Å². The van der Waals surface area contributed by atoms with E-state index < -0.39 is 0 Å². The predicted octanol–water partition coefficient (Wildman–Crippen LogP) is 4.02. The van der Waals surface area contributed by atoms with Crippen molar-refractivity contribution in [1.82, 2.24) is 19.8 Å². The Balaban J connectivity index is 1.38. The quantitative estimate of drug-likeness (QED) is 0.677. The van der Waals surface area contributed by atoms with Crippen molar-refractivity contribution in [2.45, 2.75) is 37.6 Å². The Morgan fingerprint density at radius 1 is 1.12 bits per heavy atom. The Labute approximate surface area is 186 Å². The van der Waals surface area contributed by atoms with Gasteiger partial charge in [-0.15, -0.1) is 0 Å². The predicted molar refractivity (Wildman–Crippen MR) is 119 cm³/mol. The molecule has 2 amide bonds. The topological polar surface area (TPSA) is 69.3 Å². The molecule has 0 aliphatic carbocycles. The third-order valence-electron chi connectivity index (χ3n) is 6.92. The monoisotopic (exact) mass is 434 g/mol. The third-order valence-corrected chi connectivity index (χ3v) is 6.92. The molecule has 2 saturated heterocycles. The second-order valence-electron chi connectivity index (χ2n) is 8.91. The largest absolute Gasteiger partial charge is 0.342 e. The average molecular weight is 435 g/mol. The van der Waals surface area contributed by atoms with Gasteiger partial charge < -0.3 is 14.8 Å². The molecule has 1 N–H and O–H groups in total. The highest BCUT2D eigenvalue weighted by Gasteiger charge is 2.41. The molecular weight excluding hydrogens is 407 g/mol. The summed E-state index contributed by atoms with van der Waals surface area (Å²) in [6.45, 7) is 1.32. The first-order valence-corrected chi connectivity index (χ1v) is 11.3. The number of carbonyl (C=O) groups is 2. The van der Waals surface area contributed by atoms with Gasteiger partial charge in [0.15, 0.2) is 0 Å². The molecule has 2 aliphatic heterocycles. The van der Waals surface area contributed by atoms with Crippen molar-refractivity contribution in [2.24, 2.45) is 5.92 Å². The lowest BCUT2D eigenvalue weighted by molar-refractivity contribution is -0.147. The summed E-state index contributed by atoms with van der Waals surface area (Å²) in [5, 5.41) is 0. The third kappa shape index (κ3) is 3.76. The van der Waals surface area contributed by atoms with Gasteiger partial charge in [0, 0.05) is 32.5 Å². The van der Waals surface area contributed by atoms with E-state index in [1.807, 2.05) is 29.2 Å². The zero-order valence-electron chi connectivity index (χ0n) is 18.1. The van der Waals surface area contributed by atoms with E-state index in [1.54, 1.807) is 24.1 Å². The summed E-state index contributed by atoms with van der Waals surface area (Å²) in [6.07, 6.45) is 2.76. The number of aromatic amines is 1. The van der Waals surface area contributed by atoms with Crippen LogP contribution in [0.3, 0.4) is 0 Å². The SMILES string of the molecule is CN1C(=O)CCC(C(=O)N2CCCC(c3nc4ccccc4[nH]3)C2)C1c1ccc(F)cc1. The minimum atomic E-state index is -0.379. The van der Waals surface area contributed by atoms with Crippen LogP contribution in [0.5, 0.6) is 0 Å². The molecule has 2 aromatic carbocycles. The van der Waals surface area contributed by atoms with Gasteiger partial charge in [-0.3, -0.25) is 9.59 Å². The Morgan fingerprint density at radius 3 is 2.69 bits per heavy atom. The number of para-hydroxylation sites is 2. The number of fused-ring (bicyclic) bond motifs is 1. The lowest BCUT2D eigenvalue weighted by Gasteiger charge is -2.42. The van der Waals surface area contributed by atoms with Gasteiger partial charge in [0.25, 0.3) is 0 Å². The number of aromatic nitrogens is 2. The second kappa shape index (κ2) is 8.37. The number of amides is 2. The number of hydrogen-bond donors (Lipinski definition) is 1. The summed E-state index contributed by atoms with van der Waals surface area (Å²) >= 11 is 0. The van der Waals surface area contributed by atoms with Crippen LogP contribution in [-0.2, 0) is 9.59 Å². The molecule has 0 radical (unpaired) electrons. The summed E-state index contributed by atoms with van der Waals surface area (Å²) in [4.78, 5) is 37.9. The summed E-state index contributed by atoms with van der Waals surface area (Å²) < 4.78 is 13.5. The minimum absolute atomic E-state index is 0.0159. The molecule has 0 bridgehead atoms. The van der Waals surface area contributed by atoms with E-state index in [4.69, 9.17) is 4.98 Å². The molecule has 3 unspecified atom stereocenters. The van der Waals surface area contributed by atoms with Crippen molar-refractivity contribution in [1.29, 1.82) is 0 Å². The maximum absolute atomic E-state index is 13.7. The van der Waals surface area contributed by atoms with E-state index >= 15 is 0 Å². The highest BCUT2D eigenvalue weighted by atomic mass is 19.1. The average Bonchev–Trinajstić information content (AvgIpc) is 3.26. The maximum atomic E-state index is 13.7. The van der Waals surface area contributed by atoms with Gasteiger partial charge in [0.05, 0.1) is 23.0 Å². The maximum Gasteiger partial charge on any atom is 0.228 e. The fourth-order valence-corrected chi connectivity index (χ4v) is 5.21. The van der Waals surface area contributed by atoms with Crippen LogP contribution in [0.2, 0.25) is 0 Å². The van der Waals surface area contributed by atoms with Crippen LogP contribution in [0.4, 0.5) is 4.39 Å². The number of likely N-dealkylation sites (tertiary alicyclic amines) is 2. The zero-order valence-corrected chi connectivity index (χ0v) is 18.1. The molecule has 2 aliphatic rings. The lowest BCUT2D eigenvalue weighted by Crippen LogP contribution is -2.49. The smallest absolute Gasteiger partial charge is 0.228 e. The number of imidazole rings is 1. The van der Waals surface area contributed by atoms with Crippen molar-refractivity contribution in [3.8, 4) is 0 Å². The Kier molecular flexibility index (Phi) is 5.41. The molecule has 3 heterocycles. The molecule has 6 nitrogen and oxygen atoms in total. The number of benzene rings is 2. The highest BCUT2D eigenvalue weighted by molar-refractivity contribution is 5.85. The fraction of sp³-hybridized carbons (Fsp3) is 0.400. The number of carbonyl (C=O) groups excluding carboxylic acids is 2. The summed E-state index contributed by atoms with van der Waals surface area (Å²) in [6, 6.07) is 13.7. The molecule has 32 heavy (non-hydrogen) atoms. The van der Waals surface area contributed by atoms with Crippen molar-refractivity contribution < 1.29 is 14.0 Å². The van der Waals surface area contributed by atoms with Crippen molar-refractivity contribution >= 4 is 22.8 Å². The molecular formula is C25H27FN4O2. The second-order valence-corrected chi connectivity index (χ2v) is 8.91. The number of nitrogens with zero attached hydrogens (tertiary/aromatic N) is 3. The lowest BCUT2D eigenvalue weighted by atomic mass is 9.83. The van der Waals surface area contributed by atoms with Crippen LogP contribution >= 0.6 is 0 Å². The standard InChI is InChI=1S/C25H27FN4O2/c1-29-22(31)13-12-19(23(29)16-8-10-18(26)11-9-16)25(32)30-14-4-5-17(15-30)24-27-20-6-2-3-7-21(20)28-24/h2-3,6-11,17,19,23H,4-5,12-15H2,1H3,(H,27,28). The van der Waals surface area contributed by atoms with E-state index in [0.717, 1.165) is 35.3 Å². The Hall–Kier alpha value is -3.22. The van der Waals surface area contributed by atoms with Gasteiger partial charge >= 0.3 is 0 Å². The molecule has 3 aromatic rings. The van der Waals surface area contributed by atoms with Crippen molar-refractivity contribution in [3.05, 3.63) is 65.7 Å². The molecule has 5 rings (SSSR count). The molecule has 0 spiro atoms. The number of nitrogens with one attached hydrogen (secondary N) is 1. The van der Waals surface area contributed by atoms with Gasteiger partial charge in [-0.2, -0.15) is 0 Å². The molecule has 1 aromatic heterocycles. The molecule has 3 atom stereocenters. The molecule has 2 fully saturated rings. The van der Waals surface area contributed by atoms with Crippen molar-refractivity contribution in [2.75, 3.05) is 20.1 Å². The molecule has 0 saturated carbocycles. The number of hydrogen-bond acceptors (Lipinski definition) is 3. The highest BCUT2D eigenvalue weighted by Crippen LogP contribution is 2.38. The van der Waals surface area contributed by atoms with E-state index in [-0.39, 0.29) is 35.5 Å². The zero-order chi connectivity index (χ0) is 22.2. The van der Waals surface area contributed by atoms with Crippen LogP contribution in [-0.4, -0.2) is 51.7 Å². The van der Waals surface area contributed by atoms with Crippen LogP contribution in [0.1, 0.15) is 49.0 Å². The first-order chi connectivity index (χ1) is 15.5. The number of piperidine rings is 2. The van der Waals surface area contributed by atoms with E-state index in [0.29, 0.717) is 25.9 Å². The van der Waals surface area contributed by atoms with E-state index in [2.05, 4.69) is 4.98 Å². The number of halogens is 1. The van der Waals surface area contributed by atoms with Gasteiger partial charge in [0.1, 0.15) is 11.6 Å². The summed E-state index contributed by atoms with van der Waals surface area (Å²) in [5.74, 6) is 0.507. The number of rotatable bonds is 3. The van der Waals surface area contributed by atoms with Gasteiger partial charge in [-0.1, -0.05) is 24.3 Å². The first-order valence-electron chi connectivity index (χ1n) is 11.3. The first kappa shape index (κ1) is 20.7. The van der Waals surface area contributed by atoms with Crippen LogP contribution in [0.25, 0.3) is 11.0 Å². The van der Waals surface area contributed by atoms with Crippen LogP contribution in [0.15, 0.2) is 48.5 Å². The minimum Gasteiger partial charge on any atom is -0.342 e. The van der Waals surface area contributed by atoms with Gasteiger partial charge in [0.2, 0.25) is 11.8 Å².